The van der Waals surface area contributed by atoms with Gasteiger partial charge in [0.05, 0.1) is 5.56 Å². The number of carbonyl (C=O) groups excluding carboxylic acids is 1. The lowest BCUT2D eigenvalue weighted by Gasteiger charge is -2.10. The topological polar surface area (TPSA) is 17.1 Å². The van der Waals surface area contributed by atoms with Crippen molar-refractivity contribution < 1.29 is 18.0 Å². The molecule has 0 spiro atoms. The molecule has 104 valence electrons. The molecule has 0 bridgehead atoms. The molecule has 0 saturated carbocycles. The molecule has 0 N–H and O–H groups in total. The first kappa shape index (κ1) is 15.8. The van der Waals surface area contributed by atoms with Crippen LogP contribution in [-0.2, 0) is 11.0 Å². The summed E-state index contributed by atoms with van der Waals surface area (Å²) in [6.45, 7) is 3.44. The fraction of sp³-hybridized carbons (Fsp3) is 0.357. The Morgan fingerprint density at radius 1 is 1.32 bits per heavy atom. The monoisotopic (exact) mass is 288 g/mol. The summed E-state index contributed by atoms with van der Waals surface area (Å²) in [4.78, 5) is 11.5. The Morgan fingerprint density at radius 3 is 2.37 bits per heavy atom. The Hall–Kier alpha value is -1.23. The normalized spacial score (nSPS) is 13.7. The highest BCUT2D eigenvalue weighted by molar-refractivity contribution is 7.99. The van der Waals surface area contributed by atoms with E-state index in [-0.39, 0.29) is 11.0 Å². The molecule has 1 aromatic carbocycles. The molecule has 0 aliphatic carbocycles. The molecule has 1 aromatic rings. The Morgan fingerprint density at radius 2 is 1.89 bits per heavy atom. The number of rotatable bonds is 5. The van der Waals surface area contributed by atoms with Crippen molar-refractivity contribution >= 4 is 17.5 Å². The summed E-state index contributed by atoms with van der Waals surface area (Å²) in [5.74, 6) is -0.00766. The second-order valence-corrected chi connectivity index (χ2v) is 5.71. The minimum absolute atomic E-state index is 0.00766. The van der Waals surface area contributed by atoms with E-state index < -0.39 is 11.7 Å². The van der Waals surface area contributed by atoms with Crippen molar-refractivity contribution in [3.63, 3.8) is 0 Å². The van der Waals surface area contributed by atoms with Gasteiger partial charge in [-0.15, -0.1) is 11.8 Å². The molecule has 5 heteroatoms. The van der Waals surface area contributed by atoms with E-state index in [2.05, 4.69) is 0 Å². The number of halogens is 3. The van der Waals surface area contributed by atoms with E-state index >= 15 is 0 Å². The third-order valence-corrected chi connectivity index (χ3v) is 3.48. The maximum absolute atomic E-state index is 12.4. The molecule has 1 atom stereocenters. The molecule has 0 aromatic heterocycles. The van der Waals surface area contributed by atoms with Gasteiger partial charge in [0.1, 0.15) is 0 Å². The first-order valence-electron chi connectivity index (χ1n) is 5.80. The highest BCUT2D eigenvalue weighted by Gasteiger charge is 2.29. The van der Waals surface area contributed by atoms with Crippen molar-refractivity contribution in [3.05, 3.63) is 42.0 Å². The smallest absolute Gasteiger partial charge is 0.295 e. The minimum atomic E-state index is -4.29. The first-order valence-corrected chi connectivity index (χ1v) is 6.68. The van der Waals surface area contributed by atoms with Crippen LogP contribution in [0.2, 0.25) is 0 Å². The van der Waals surface area contributed by atoms with Gasteiger partial charge in [-0.3, -0.25) is 4.79 Å². The lowest BCUT2D eigenvalue weighted by Crippen LogP contribution is -2.04. The van der Waals surface area contributed by atoms with Crippen LogP contribution in [0.15, 0.2) is 41.3 Å². The van der Waals surface area contributed by atoms with E-state index in [9.17, 15) is 18.0 Å². The lowest BCUT2D eigenvalue weighted by molar-refractivity contribution is -0.137. The molecule has 0 aliphatic heterocycles. The number of thioether (sulfide) groups is 1. The SMILES string of the molecule is CC(=O)/C=C/CC(C)Sc1ccc(C(F)(F)F)cc1. The average molecular weight is 288 g/mol. The van der Waals surface area contributed by atoms with Crippen LogP contribution < -0.4 is 0 Å². The van der Waals surface area contributed by atoms with E-state index in [0.29, 0.717) is 6.42 Å². The van der Waals surface area contributed by atoms with E-state index in [1.165, 1.54) is 36.9 Å². The first-order chi connectivity index (χ1) is 8.79. The van der Waals surface area contributed by atoms with E-state index in [0.717, 1.165) is 17.0 Å². The van der Waals surface area contributed by atoms with Crippen LogP contribution in [0.5, 0.6) is 0 Å². The third-order valence-electron chi connectivity index (χ3n) is 2.34. The van der Waals surface area contributed by atoms with Crippen molar-refractivity contribution in [2.75, 3.05) is 0 Å². The molecule has 0 radical (unpaired) electrons. The van der Waals surface area contributed by atoms with Gasteiger partial charge in [0.2, 0.25) is 0 Å². The third kappa shape index (κ3) is 5.96. The second-order valence-electron chi connectivity index (χ2n) is 4.20. The zero-order valence-electron chi connectivity index (χ0n) is 10.7. The van der Waals surface area contributed by atoms with E-state index in [4.69, 9.17) is 0 Å². The zero-order valence-corrected chi connectivity index (χ0v) is 11.5. The van der Waals surface area contributed by atoms with Gasteiger partial charge in [-0.05, 0) is 43.7 Å². The van der Waals surface area contributed by atoms with Crippen molar-refractivity contribution in [2.24, 2.45) is 0 Å². The van der Waals surface area contributed by atoms with Gasteiger partial charge in [0.25, 0.3) is 0 Å². The molecule has 19 heavy (non-hydrogen) atoms. The van der Waals surface area contributed by atoms with Crippen LogP contribution in [-0.4, -0.2) is 11.0 Å². The second kappa shape index (κ2) is 6.80. The van der Waals surface area contributed by atoms with Crippen LogP contribution in [0, 0.1) is 0 Å². The summed E-state index contributed by atoms with van der Waals surface area (Å²) < 4.78 is 37.1. The van der Waals surface area contributed by atoms with Crippen LogP contribution in [0.4, 0.5) is 13.2 Å². The van der Waals surface area contributed by atoms with Crippen LogP contribution in [0.3, 0.4) is 0 Å². The molecular weight excluding hydrogens is 273 g/mol. The van der Waals surface area contributed by atoms with E-state index in [1.807, 2.05) is 6.92 Å². The molecule has 0 saturated heterocycles. The van der Waals surface area contributed by atoms with Crippen molar-refractivity contribution in [1.29, 1.82) is 0 Å². The maximum atomic E-state index is 12.4. The molecule has 1 nitrogen and oxygen atoms in total. The zero-order chi connectivity index (χ0) is 14.5. The lowest BCUT2D eigenvalue weighted by atomic mass is 10.2. The van der Waals surface area contributed by atoms with Gasteiger partial charge in [-0.1, -0.05) is 13.0 Å². The van der Waals surface area contributed by atoms with Gasteiger partial charge in [0, 0.05) is 10.1 Å². The van der Waals surface area contributed by atoms with Crippen LogP contribution in [0.25, 0.3) is 0 Å². The molecule has 1 rings (SSSR count). The molecule has 0 aliphatic rings. The summed E-state index contributed by atoms with van der Waals surface area (Å²) >= 11 is 1.48. The van der Waals surface area contributed by atoms with Gasteiger partial charge in [0.15, 0.2) is 5.78 Å². The van der Waals surface area contributed by atoms with Gasteiger partial charge >= 0.3 is 6.18 Å². The number of benzene rings is 1. The molecule has 0 fully saturated rings. The molecule has 0 amide bonds. The molecule has 1 unspecified atom stereocenters. The average Bonchev–Trinajstić information content (AvgIpc) is 2.27. The Balaban J connectivity index is 2.56. The predicted molar refractivity (Wildman–Crippen MR) is 71.2 cm³/mol. The van der Waals surface area contributed by atoms with Crippen molar-refractivity contribution in [1.82, 2.24) is 0 Å². The fourth-order valence-electron chi connectivity index (χ4n) is 1.43. The number of hydrogen-bond donors (Lipinski definition) is 0. The number of carbonyl (C=O) groups is 1. The van der Waals surface area contributed by atoms with Crippen LogP contribution >= 0.6 is 11.8 Å². The summed E-state index contributed by atoms with van der Waals surface area (Å²) in [6.07, 6.45) is -0.307. The van der Waals surface area contributed by atoms with Gasteiger partial charge < -0.3 is 0 Å². The molecular formula is C14H15F3OS. The number of hydrogen-bond acceptors (Lipinski definition) is 2. The standard InChI is InChI=1S/C14H15F3OS/c1-10(18)4-3-5-11(2)19-13-8-6-12(7-9-13)14(15,16)17/h3-4,6-9,11H,5H2,1-2H3/b4-3+. The Kier molecular flexibility index (Phi) is 5.66. The Bertz CT molecular complexity index is 449. The Labute approximate surface area is 114 Å². The maximum Gasteiger partial charge on any atom is 0.416 e. The fourth-order valence-corrected chi connectivity index (χ4v) is 2.39. The van der Waals surface area contributed by atoms with Gasteiger partial charge in [-0.25, -0.2) is 0 Å². The van der Waals surface area contributed by atoms with Gasteiger partial charge in [-0.2, -0.15) is 13.2 Å². The largest absolute Gasteiger partial charge is 0.416 e. The number of allylic oxidation sites excluding steroid dienone is 2. The number of alkyl halides is 3. The quantitative estimate of drug-likeness (QED) is 0.576. The molecule has 0 heterocycles. The van der Waals surface area contributed by atoms with Crippen molar-refractivity contribution in [2.45, 2.75) is 36.6 Å². The van der Waals surface area contributed by atoms with Crippen molar-refractivity contribution in [3.8, 4) is 0 Å². The summed E-state index contributed by atoms with van der Waals surface area (Å²) in [5.41, 5.74) is -0.638. The summed E-state index contributed by atoms with van der Waals surface area (Å²) in [5, 5.41) is 0.201. The van der Waals surface area contributed by atoms with E-state index in [1.54, 1.807) is 6.08 Å². The minimum Gasteiger partial charge on any atom is -0.295 e. The summed E-state index contributed by atoms with van der Waals surface area (Å²) in [6, 6.07) is 5.11. The number of ketones is 1. The highest BCUT2D eigenvalue weighted by atomic mass is 32.2. The highest BCUT2D eigenvalue weighted by Crippen LogP contribution is 2.32. The predicted octanol–water partition coefficient (Wildman–Crippen LogP) is 4.72. The van der Waals surface area contributed by atoms with Crippen LogP contribution in [0.1, 0.15) is 25.8 Å². The summed E-state index contributed by atoms with van der Waals surface area (Å²) in [7, 11) is 0.